The first-order valence-electron chi connectivity index (χ1n) is 10.1. The van der Waals surface area contributed by atoms with E-state index in [0.717, 1.165) is 0 Å². The van der Waals surface area contributed by atoms with Gasteiger partial charge in [-0.1, -0.05) is 20.8 Å². The molecular formula is C22H32N4O4S. The zero-order valence-electron chi connectivity index (χ0n) is 19.2. The van der Waals surface area contributed by atoms with Crippen LogP contribution in [0.2, 0.25) is 0 Å². The molecule has 1 aromatic heterocycles. The number of azo groups is 1. The van der Waals surface area contributed by atoms with Crippen molar-refractivity contribution in [1.82, 2.24) is 9.29 Å². The van der Waals surface area contributed by atoms with Crippen molar-refractivity contribution in [2.45, 2.75) is 71.9 Å². The summed E-state index contributed by atoms with van der Waals surface area (Å²) in [7, 11) is -3.70. The molecule has 0 aliphatic carbocycles. The van der Waals surface area contributed by atoms with E-state index in [9.17, 15) is 18.3 Å². The maximum absolute atomic E-state index is 12.8. The topological polar surface area (TPSA) is 113 Å². The molecule has 0 bridgehead atoms. The van der Waals surface area contributed by atoms with Gasteiger partial charge in [-0.05, 0) is 69.4 Å². The lowest BCUT2D eigenvalue weighted by Crippen LogP contribution is -2.45. The number of sulfonamides is 1. The fourth-order valence-electron chi connectivity index (χ4n) is 3.75. The van der Waals surface area contributed by atoms with E-state index in [1.807, 2.05) is 13.8 Å². The molecular weight excluding hydrogens is 416 g/mol. The Bertz CT molecular complexity index is 1130. The first-order chi connectivity index (χ1) is 14.1. The summed E-state index contributed by atoms with van der Waals surface area (Å²) in [4.78, 5) is 12.0. The van der Waals surface area contributed by atoms with Crippen LogP contribution >= 0.6 is 0 Å². The Morgan fingerprint density at radius 1 is 1.06 bits per heavy atom. The Labute approximate surface area is 184 Å². The second kappa shape index (κ2) is 8.92. The largest absolute Gasteiger partial charge is 0.493 e. The summed E-state index contributed by atoms with van der Waals surface area (Å²) < 4.78 is 29.5. The monoisotopic (exact) mass is 448 g/mol. The molecule has 2 rings (SSSR count). The summed E-state index contributed by atoms with van der Waals surface area (Å²) in [6, 6.07) is 7.39. The summed E-state index contributed by atoms with van der Waals surface area (Å²) in [5.41, 5.74) is 0.172. The number of nitrogens with zero attached hydrogens (tertiary/aromatic N) is 3. The first kappa shape index (κ1) is 24.7. The molecule has 0 atom stereocenters. The number of rotatable bonds is 7. The smallest absolute Gasteiger partial charge is 0.253 e. The normalized spacial score (nSPS) is 13.1. The summed E-state index contributed by atoms with van der Waals surface area (Å²) in [6.07, 6.45) is 0.675. The van der Waals surface area contributed by atoms with Crippen LogP contribution in [-0.4, -0.2) is 23.6 Å². The molecule has 8 nitrogen and oxygen atoms in total. The predicted octanol–water partition coefficient (Wildman–Crippen LogP) is 4.79. The summed E-state index contributed by atoms with van der Waals surface area (Å²) in [6.45, 7) is 13.6. The number of aromatic hydroxyl groups is 1. The Morgan fingerprint density at radius 3 is 2.16 bits per heavy atom. The van der Waals surface area contributed by atoms with Gasteiger partial charge in [0.1, 0.15) is 5.69 Å². The highest BCUT2D eigenvalue weighted by atomic mass is 32.2. The highest BCUT2D eigenvalue weighted by molar-refractivity contribution is 7.89. The summed E-state index contributed by atoms with van der Waals surface area (Å²) in [5, 5.41) is 18.4. The Morgan fingerprint density at radius 2 is 1.65 bits per heavy atom. The molecule has 0 spiro atoms. The van der Waals surface area contributed by atoms with Gasteiger partial charge in [-0.2, -0.15) is 5.11 Å². The molecule has 0 fully saturated rings. The maximum atomic E-state index is 12.8. The average molecular weight is 449 g/mol. The lowest BCUT2D eigenvalue weighted by Gasteiger charge is -2.32. The van der Waals surface area contributed by atoms with Crippen molar-refractivity contribution in [3.05, 3.63) is 46.2 Å². The second-order valence-electron chi connectivity index (χ2n) is 9.50. The number of aryl methyl sites for hydroxylation is 1. The fourth-order valence-corrected chi connectivity index (χ4v) is 5.17. The van der Waals surface area contributed by atoms with Gasteiger partial charge in [-0.15, -0.1) is 5.11 Å². The van der Waals surface area contributed by atoms with Crippen LogP contribution in [0.5, 0.6) is 5.88 Å². The molecule has 2 N–H and O–H groups in total. The third-order valence-corrected chi connectivity index (χ3v) is 6.27. The third kappa shape index (κ3) is 6.48. The molecule has 0 radical (unpaired) electrons. The number of benzene rings is 1. The minimum atomic E-state index is -3.70. The van der Waals surface area contributed by atoms with Crippen LogP contribution in [-0.2, 0) is 16.6 Å². The quantitative estimate of drug-likeness (QED) is 0.593. The van der Waals surface area contributed by atoms with Crippen LogP contribution in [0.4, 0.5) is 11.4 Å². The van der Waals surface area contributed by atoms with Gasteiger partial charge >= 0.3 is 0 Å². The molecule has 0 saturated carbocycles. The minimum Gasteiger partial charge on any atom is -0.493 e. The number of hydrogen-bond acceptors (Lipinski definition) is 6. The van der Waals surface area contributed by atoms with Crippen molar-refractivity contribution in [2.24, 2.45) is 15.6 Å². The summed E-state index contributed by atoms with van der Waals surface area (Å²) >= 11 is 0. The molecule has 2 aromatic rings. The van der Waals surface area contributed by atoms with E-state index in [0.29, 0.717) is 24.2 Å². The first-order valence-corrected chi connectivity index (χ1v) is 11.6. The molecule has 31 heavy (non-hydrogen) atoms. The van der Waals surface area contributed by atoms with Crippen molar-refractivity contribution in [3.63, 3.8) is 0 Å². The fraction of sp³-hybridized carbons (Fsp3) is 0.500. The van der Waals surface area contributed by atoms with Gasteiger partial charge in [-0.25, -0.2) is 13.1 Å². The van der Waals surface area contributed by atoms with E-state index < -0.39 is 15.6 Å². The van der Waals surface area contributed by atoms with Crippen LogP contribution in [0, 0.1) is 12.3 Å². The lowest BCUT2D eigenvalue weighted by molar-refractivity contribution is 0.269. The maximum Gasteiger partial charge on any atom is 0.253 e. The number of aromatic nitrogens is 1. The zero-order chi connectivity index (χ0) is 23.6. The molecule has 0 amide bonds. The highest BCUT2D eigenvalue weighted by Crippen LogP contribution is 2.31. The SMILES string of the molecule is CCn1c(O)c(N=Nc2ccc(S(=O)(=O)NC(C)(C)CC(C)(C)C)cc2)c(C)cc1=O. The summed E-state index contributed by atoms with van der Waals surface area (Å²) in [5.74, 6) is -0.249. The van der Waals surface area contributed by atoms with Crippen LogP contribution < -0.4 is 10.3 Å². The van der Waals surface area contributed by atoms with Crippen molar-refractivity contribution >= 4 is 21.4 Å². The predicted molar refractivity (Wildman–Crippen MR) is 122 cm³/mol. The highest BCUT2D eigenvalue weighted by Gasteiger charge is 2.30. The van der Waals surface area contributed by atoms with Gasteiger partial charge in [0, 0.05) is 18.2 Å². The Hall–Kier alpha value is -2.52. The molecule has 9 heteroatoms. The minimum absolute atomic E-state index is 0.0276. The van der Waals surface area contributed by atoms with E-state index in [-0.39, 0.29) is 27.4 Å². The molecule has 1 aromatic carbocycles. The molecule has 0 aliphatic heterocycles. The van der Waals surface area contributed by atoms with Crippen molar-refractivity contribution in [2.75, 3.05) is 0 Å². The third-order valence-electron chi connectivity index (χ3n) is 4.56. The Kier molecular flexibility index (Phi) is 7.12. The zero-order valence-corrected chi connectivity index (χ0v) is 20.0. The molecule has 1 heterocycles. The van der Waals surface area contributed by atoms with E-state index >= 15 is 0 Å². The average Bonchev–Trinajstić information content (AvgIpc) is 2.58. The van der Waals surface area contributed by atoms with Crippen LogP contribution in [0.25, 0.3) is 0 Å². The van der Waals surface area contributed by atoms with Gasteiger partial charge < -0.3 is 5.11 Å². The van der Waals surface area contributed by atoms with Crippen molar-refractivity contribution < 1.29 is 13.5 Å². The number of pyridine rings is 1. The van der Waals surface area contributed by atoms with Crippen LogP contribution in [0.1, 0.15) is 53.5 Å². The van der Waals surface area contributed by atoms with Crippen LogP contribution in [0.15, 0.2) is 50.3 Å². The van der Waals surface area contributed by atoms with Crippen molar-refractivity contribution in [3.8, 4) is 5.88 Å². The van der Waals surface area contributed by atoms with E-state index in [2.05, 4.69) is 35.7 Å². The lowest BCUT2D eigenvalue weighted by atomic mass is 9.82. The molecule has 170 valence electrons. The van der Waals surface area contributed by atoms with Gasteiger partial charge in [0.05, 0.1) is 10.6 Å². The van der Waals surface area contributed by atoms with Crippen molar-refractivity contribution in [1.29, 1.82) is 0 Å². The van der Waals surface area contributed by atoms with Gasteiger partial charge in [0.15, 0.2) is 0 Å². The second-order valence-corrected chi connectivity index (χ2v) is 11.2. The molecule has 0 unspecified atom stereocenters. The van der Waals surface area contributed by atoms with Gasteiger partial charge in [0.25, 0.3) is 5.56 Å². The number of hydrogen-bond donors (Lipinski definition) is 2. The van der Waals surface area contributed by atoms with Crippen LogP contribution in [0.3, 0.4) is 0 Å². The van der Waals surface area contributed by atoms with E-state index in [1.165, 1.54) is 34.9 Å². The Balaban J connectivity index is 2.26. The number of nitrogens with one attached hydrogen (secondary N) is 1. The standard InChI is InChI=1S/C22H32N4O4S/c1-8-26-18(27)13-15(2)19(20(26)28)24-23-16-9-11-17(12-10-16)31(29,30)25-22(6,7)14-21(3,4)5/h9-13,25,28H,8,14H2,1-7H3. The van der Waals surface area contributed by atoms with E-state index in [4.69, 9.17) is 0 Å². The van der Waals surface area contributed by atoms with Gasteiger partial charge in [0.2, 0.25) is 15.9 Å². The van der Waals surface area contributed by atoms with Gasteiger partial charge in [-0.3, -0.25) is 9.36 Å². The van der Waals surface area contributed by atoms with E-state index in [1.54, 1.807) is 13.8 Å². The molecule has 0 aliphatic rings. The molecule has 0 saturated heterocycles.